The number of carboxylic acids is 3. The summed E-state index contributed by atoms with van der Waals surface area (Å²) in [5, 5.41) is 62.6. The van der Waals surface area contributed by atoms with Gasteiger partial charge in [-0.25, -0.2) is 0 Å². The van der Waals surface area contributed by atoms with E-state index in [0.717, 1.165) is 6.92 Å². The normalized spacial score (nSPS) is 32.4. The van der Waals surface area contributed by atoms with Gasteiger partial charge in [-0.2, -0.15) is 0 Å². The number of carbonyl (C=O) groups excluding carboxylic acids is 1. The van der Waals surface area contributed by atoms with Gasteiger partial charge in [0.2, 0.25) is 5.91 Å². The first-order chi connectivity index (χ1) is 13.6. The van der Waals surface area contributed by atoms with Gasteiger partial charge in [0.1, 0.15) is 23.3 Å². The number of nitrogens with one attached hydrogen (secondary N) is 1. The SMILES string of the molecule is CC(=O)N[C@H]1[C@@H](OC(C)C)O[C@H](C(O)CC(=O)O)[C@](O)(CC(=O)O)[C@@]1(O)CC(=O)O. The molecule has 0 aliphatic carbocycles. The van der Waals surface area contributed by atoms with Gasteiger partial charge in [0.25, 0.3) is 0 Å². The summed E-state index contributed by atoms with van der Waals surface area (Å²) in [6.45, 7) is 4.09. The Hall–Kier alpha value is -2.32. The summed E-state index contributed by atoms with van der Waals surface area (Å²) < 4.78 is 10.9. The molecule has 1 heterocycles. The van der Waals surface area contributed by atoms with Crippen LogP contribution in [0.25, 0.3) is 0 Å². The van der Waals surface area contributed by atoms with Gasteiger partial charge in [-0.15, -0.1) is 0 Å². The molecular formula is C17H27NO12. The van der Waals surface area contributed by atoms with Gasteiger partial charge in [0.05, 0.1) is 31.5 Å². The number of carbonyl (C=O) groups is 4. The van der Waals surface area contributed by atoms with Crippen molar-refractivity contribution in [3.63, 3.8) is 0 Å². The van der Waals surface area contributed by atoms with Gasteiger partial charge >= 0.3 is 17.9 Å². The van der Waals surface area contributed by atoms with Crippen LogP contribution in [0.1, 0.15) is 40.0 Å². The fourth-order valence-electron chi connectivity index (χ4n) is 3.53. The molecule has 1 aliphatic rings. The Labute approximate surface area is 171 Å². The number of ether oxygens (including phenoxy) is 2. The van der Waals surface area contributed by atoms with Gasteiger partial charge in [0, 0.05) is 6.92 Å². The molecule has 1 unspecified atom stereocenters. The molecule has 1 amide bonds. The van der Waals surface area contributed by atoms with E-state index in [1.165, 1.54) is 13.8 Å². The van der Waals surface area contributed by atoms with Crippen molar-refractivity contribution in [3.05, 3.63) is 0 Å². The maximum absolute atomic E-state index is 11.7. The van der Waals surface area contributed by atoms with Crippen molar-refractivity contribution < 1.29 is 59.3 Å². The van der Waals surface area contributed by atoms with Crippen LogP contribution in [0, 0.1) is 0 Å². The molecular weight excluding hydrogens is 410 g/mol. The predicted octanol–water partition coefficient (Wildman–Crippen LogP) is -2.11. The number of carboxylic acid groups (broad SMARTS) is 3. The standard InChI is InChI=1S/C17H27NO12/c1-7(2)29-15-13(18-8(3)19)16(27,5-11(23)24)17(28,6-12(25)26)14(30-15)9(20)4-10(21)22/h7,9,13-15,20,27-28H,4-6H2,1-3H3,(H,18,19)(H,21,22)(H,23,24)(H,25,26)/t9?,13-,14+,15-,16+,17+/m0/s1. The van der Waals surface area contributed by atoms with Crippen molar-refractivity contribution in [1.82, 2.24) is 5.32 Å². The van der Waals surface area contributed by atoms with Crippen LogP contribution in [0.4, 0.5) is 0 Å². The highest BCUT2D eigenvalue weighted by atomic mass is 16.7. The van der Waals surface area contributed by atoms with Crippen LogP contribution < -0.4 is 5.32 Å². The van der Waals surface area contributed by atoms with Crippen LogP contribution in [0.2, 0.25) is 0 Å². The highest BCUT2D eigenvalue weighted by Crippen LogP contribution is 2.45. The second kappa shape index (κ2) is 9.66. The Morgan fingerprint density at radius 2 is 1.50 bits per heavy atom. The molecule has 0 spiro atoms. The quantitative estimate of drug-likeness (QED) is 0.195. The van der Waals surface area contributed by atoms with E-state index in [1.54, 1.807) is 0 Å². The molecule has 1 fully saturated rings. The Bertz CT molecular complexity index is 682. The number of rotatable bonds is 10. The molecule has 7 N–H and O–H groups in total. The van der Waals surface area contributed by atoms with E-state index in [0.29, 0.717) is 0 Å². The molecule has 0 aromatic carbocycles. The predicted molar refractivity (Wildman–Crippen MR) is 95.2 cm³/mol. The number of hydrogen-bond acceptors (Lipinski definition) is 9. The van der Waals surface area contributed by atoms with Crippen molar-refractivity contribution >= 4 is 23.8 Å². The molecule has 0 bridgehead atoms. The lowest BCUT2D eigenvalue weighted by Gasteiger charge is -2.57. The summed E-state index contributed by atoms with van der Waals surface area (Å²) in [4.78, 5) is 45.7. The van der Waals surface area contributed by atoms with E-state index >= 15 is 0 Å². The van der Waals surface area contributed by atoms with Crippen molar-refractivity contribution in [2.75, 3.05) is 0 Å². The fourth-order valence-corrected chi connectivity index (χ4v) is 3.53. The third-order valence-electron chi connectivity index (χ3n) is 4.63. The number of aliphatic hydroxyl groups is 3. The van der Waals surface area contributed by atoms with E-state index < -0.39 is 84.9 Å². The average molecular weight is 437 g/mol. The second-order valence-corrected chi connectivity index (χ2v) is 7.44. The van der Waals surface area contributed by atoms with E-state index in [2.05, 4.69) is 5.32 Å². The largest absolute Gasteiger partial charge is 0.481 e. The molecule has 1 aliphatic heterocycles. The number of amides is 1. The summed E-state index contributed by atoms with van der Waals surface area (Å²) in [6, 6.07) is -1.77. The first-order valence-electron chi connectivity index (χ1n) is 9.00. The van der Waals surface area contributed by atoms with Crippen LogP contribution in [0.15, 0.2) is 0 Å². The van der Waals surface area contributed by atoms with Crippen molar-refractivity contribution in [2.45, 2.75) is 81.9 Å². The molecule has 30 heavy (non-hydrogen) atoms. The van der Waals surface area contributed by atoms with Gasteiger partial charge in [-0.1, -0.05) is 0 Å². The lowest BCUT2D eigenvalue weighted by molar-refractivity contribution is -0.351. The first-order valence-corrected chi connectivity index (χ1v) is 9.00. The molecule has 172 valence electrons. The Balaban J connectivity index is 3.70. The number of aliphatic hydroxyl groups excluding tert-OH is 1. The monoisotopic (exact) mass is 437 g/mol. The zero-order chi connectivity index (χ0) is 23.4. The van der Waals surface area contributed by atoms with Gasteiger partial charge in [0.15, 0.2) is 6.29 Å². The van der Waals surface area contributed by atoms with Gasteiger partial charge < -0.3 is 45.4 Å². The maximum atomic E-state index is 11.7. The van der Waals surface area contributed by atoms with E-state index in [-0.39, 0.29) is 0 Å². The minimum atomic E-state index is -3.02. The van der Waals surface area contributed by atoms with Gasteiger partial charge in [-0.3, -0.25) is 19.2 Å². The summed E-state index contributed by atoms with van der Waals surface area (Å²) in [7, 11) is 0. The molecule has 13 nitrogen and oxygen atoms in total. The topological polar surface area (TPSA) is 220 Å². The first kappa shape index (κ1) is 25.7. The zero-order valence-electron chi connectivity index (χ0n) is 16.6. The molecule has 0 saturated carbocycles. The minimum Gasteiger partial charge on any atom is -0.481 e. The van der Waals surface area contributed by atoms with E-state index in [1.807, 2.05) is 0 Å². The summed E-state index contributed by atoms with van der Waals surface area (Å²) >= 11 is 0. The number of hydrogen-bond donors (Lipinski definition) is 7. The maximum Gasteiger partial charge on any atom is 0.306 e. The van der Waals surface area contributed by atoms with E-state index in [4.69, 9.17) is 14.6 Å². The van der Waals surface area contributed by atoms with Crippen molar-refractivity contribution in [2.24, 2.45) is 0 Å². The molecule has 0 radical (unpaired) electrons. The summed E-state index contributed by atoms with van der Waals surface area (Å²) in [5.41, 5.74) is -5.94. The van der Waals surface area contributed by atoms with Crippen LogP contribution >= 0.6 is 0 Å². The summed E-state index contributed by atoms with van der Waals surface area (Å²) in [6.07, 6.45) is -10.0. The van der Waals surface area contributed by atoms with Crippen LogP contribution in [0.3, 0.4) is 0 Å². The molecule has 6 atom stereocenters. The smallest absolute Gasteiger partial charge is 0.306 e. The third kappa shape index (κ3) is 5.64. The molecule has 1 rings (SSSR count). The van der Waals surface area contributed by atoms with Crippen LogP contribution in [0.5, 0.6) is 0 Å². The number of aliphatic carboxylic acids is 3. The summed E-state index contributed by atoms with van der Waals surface area (Å²) in [5.74, 6) is -5.70. The van der Waals surface area contributed by atoms with Crippen molar-refractivity contribution in [3.8, 4) is 0 Å². The lowest BCUT2D eigenvalue weighted by Crippen LogP contribution is -2.80. The molecule has 1 saturated heterocycles. The Morgan fingerprint density at radius 3 is 1.90 bits per heavy atom. The van der Waals surface area contributed by atoms with Crippen molar-refractivity contribution in [1.29, 1.82) is 0 Å². The second-order valence-electron chi connectivity index (χ2n) is 7.44. The molecule has 13 heteroatoms. The van der Waals surface area contributed by atoms with Gasteiger partial charge in [-0.05, 0) is 13.8 Å². The third-order valence-corrected chi connectivity index (χ3v) is 4.63. The Kier molecular flexibility index (Phi) is 8.28. The van der Waals surface area contributed by atoms with E-state index in [9.17, 15) is 44.7 Å². The lowest BCUT2D eigenvalue weighted by atomic mass is 9.66. The molecule has 0 aromatic heterocycles. The van der Waals surface area contributed by atoms with Crippen LogP contribution in [-0.4, -0.2) is 96.3 Å². The fraction of sp³-hybridized carbons (Fsp3) is 0.765. The Morgan fingerprint density at radius 1 is 1.00 bits per heavy atom. The highest BCUT2D eigenvalue weighted by molar-refractivity contribution is 5.75. The average Bonchev–Trinajstić information content (AvgIpc) is 2.52. The highest BCUT2D eigenvalue weighted by Gasteiger charge is 2.68. The zero-order valence-corrected chi connectivity index (χ0v) is 16.6. The molecule has 0 aromatic rings. The van der Waals surface area contributed by atoms with Crippen LogP contribution in [-0.2, 0) is 28.7 Å². The minimum absolute atomic E-state index is 0.622.